The maximum absolute atomic E-state index is 11.9. The normalized spacial score (nSPS) is 11.9. The topological polar surface area (TPSA) is 32.3 Å². The van der Waals surface area contributed by atoms with E-state index in [1.165, 1.54) is 0 Å². The maximum atomic E-state index is 11.9. The van der Waals surface area contributed by atoms with Crippen LogP contribution in [0.15, 0.2) is 0 Å². The summed E-state index contributed by atoms with van der Waals surface area (Å²) in [6.45, 7) is 13.7. The summed E-state index contributed by atoms with van der Waals surface area (Å²) in [6, 6.07) is 0.291. The third-order valence-electron chi connectivity index (χ3n) is 2.18. The minimum absolute atomic E-state index is 0.00449. The van der Waals surface area contributed by atoms with Gasteiger partial charge in [0.25, 0.3) is 0 Å². The van der Waals surface area contributed by atoms with Crippen molar-refractivity contribution in [2.45, 2.75) is 59.5 Å². The van der Waals surface area contributed by atoms with Crippen molar-refractivity contribution < 1.29 is 4.79 Å². The van der Waals surface area contributed by atoms with E-state index < -0.39 is 0 Å². The van der Waals surface area contributed by atoms with Gasteiger partial charge >= 0.3 is 0 Å². The van der Waals surface area contributed by atoms with E-state index >= 15 is 0 Å². The summed E-state index contributed by atoms with van der Waals surface area (Å²) in [4.78, 5) is 13.8. The van der Waals surface area contributed by atoms with Crippen LogP contribution in [0.25, 0.3) is 0 Å². The highest BCUT2D eigenvalue weighted by Gasteiger charge is 2.18. The zero-order valence-corrected chi connectivity index (χ0v) is 11.1. The Morgan fingerprint density at radius 3 is 2.20 bits per heavy atom. The lowest BCUT2D eigenvalue weighted by molar-refractivity contribution is -0.132. The van der Waals surface area contributed by atoms with Crippen LogP contribution in [0.5, 0.6) is 0 Å². The van der Waals surface area contributed by atoms with Crippen LogP contribution in [0, 0.1) is 0 Å². The number of carbonyl (C=O) groups is 1. The molecule has 15 heavy (non-hydrogen) atoms. The van der Waals surface area contributed by atoms with Gasteiger partial charge in [0.05, 0.1) is 6.54 Å². The lowest BCUT2D eigenvalue weighted by Crippen LogP contribution is -2.47. The van der Waals surface area contributed by atoms with Gasteiger partial charge in [-0.1, -0.05) is 6.92 Å². The predicted molar refractivity (Wildman–Crippen MR) is 64.9 cm³/mol. The molecule has 0 saturated heterocycles. The molecule has 0 saturated carbocycles. The third kappa shape index (κ3) is 6.50. The Labute approximate surface area is 94.2 Å². The van der Waals surface area contributed by atoms with E-state index in [0.717, 1.165) is 13.0 Å². The van der Waals surface area contributed by atoms with Gasteiger partial charge in [-0.3, -0.25) is 4.79 Å². The molecule has 3 nitrogen and oxygen atoms in total. The molecular weight excluding hydrogens is 188 g/mol. The van der Waals surface area contributed by atoms with Crippen molar-refractivity contribution in [3.63, 3.8) is 0 Å². The van der Waals surface area contributed by atoms with Crippen LogP contribution in [-0.4, -0.2) is 35.5 Å². The van der Waals surface area contributed by atoms with E-state index in [1.807, 2.05) is 4.90 Å². The van der Waals surface area contributed by atoms with E-state index in [2.05, 4.69) is 46.9 Å². The Kier molecular flexibility index (Phi) is 5.88. The SMILES string of the molecule is CCCN(C(=O)CNC(C)(C)C)C(C)C. The van der Waals surface area contributed by atoms with Crippen LogP contribution in [0.1, 0.15) is 48.0 Å². The Hall–Kier alpha value is -0.570. The summed E-state index contributed by atoms with van der Waals surface area (Å²) < 4.78 is 0. The average Bonchev–Trinajstić information content (AvgIpc) is 2.08. The third-order valence-corrected chi connectivity index (χ3v) is 2.18. The number of amides is 1. The van der Waals surface area contributed by atoms with Crippen LogP contribution >= 0.6 is 0 Å². The first-order chi connectivity index (χ1) is 6.78. The van der Waals surface area contributed by atoms with Crippen molar-refractivity contribution in [1.82, 2.24) is 10.2 Å². The Balaban J connectivity index is 4.15. The second-order valence-corrected chi connectivity index (χ2v) is 5.28. The molecule has 1 N–H and O–H groups in total. The van der Waals surface area contributed by atoms with Crippen LogP contribution in [-0.2, 0) is 4.79 Å². The number of rotatable bonds is 5. The van der Waals surface area contributed by atoms with Gasteiger partial charge in [0.1, 0.15) is 0 Å². The van der Waals surface area contributed by atoms with Gasteiger partial charge in [0.2, 0.25) is 5.91 Å². The molecule has 1 amide bonds. The van der Waals surface area contributed by atoms with Gasteiger partial charge in [0.15, 0.2) is 0 Å². The highest BCUT2D eigenvalue weighted by Crippen LogP contribution is 2.02. The van der Waals surface area contributed by atoms with Crippen molar-refractivity contribution >= 4 is 5.91 Å². The number of hydrogen-bond donors (Lipinski definition) is 1. The summed E-state index contributed by atoms with van der Waals surface area (Å²) in [6.07, 6.45) is 1.01. The molecule has 0 spiro atoms. The fraction of sp³-hybridized carbons (Fsp3) is 0.917. The molecule has 0 heterocycles. The first-order valence-corrected chi connectivity index (χ1v) is 5.82. The highest BCUT2D eigenvalue weighted by atomic mass is 16.2. The smallest absolute Gasteiger partial charge is 0.236 e. The molecule has 0 aliphatic carbocycles. The fourth-order valence-corrected chi connectivity index (χ4v) is 1.35. The van der Waals surface area contributed by atoms with Gasteiger partial charge in [-0.25, -0.2) is 0 Å². The summed E-state index contributed by atoms with van der Waals surface area (Å²) in [5.41, 5.74) is 0.00449. The van der Waals surface area contributed by atoms with Gasteiger partial charge in [-0.05, 0) is 41.0 Å². The zero-order valence-electron chi connectivity index (χ0n) is 11.1. The second kappa shape index (κ2) is 6.11. The van der Waals surface area contributed by atoms with Crippen LogP contribution in [0.2, 0.25) is 0 Å². The molecule has 0 atom stereocenters. The molecule has 0 aliphatic rings. The summed E-state index contributed by atoms with van der Waals surface area (Å²) in [7, 11) is 0. The quantitative estimate of drug-likeness (QED) is 0.759. The molecule has 0 aromatic carbocycles. The summed E-state index contributed by atoms with van der Waals surface area (Å²) in [5, 5.41) is 3.22. The molecular formula is C12H26N2O. The fourth-order valence-electron chi connectivity index (χ4n) is 1.35. The minimum Gasteiger partial charge on any atom is -0.339 e. The second-order valence-electron chi connectivity index (χ2n) is 5.28. The van der Waals surface area contributed by atoms with Gasteiger partial charge < -0.3 is 10.2 Å². The molecule has 0 fully saturated rings. The molecule has 0 bridgehead atoms. The van der Waals surface area contributed by atoms with Crippen molar-refractivity contribution in [2.75, 3.05) is 13.1 Å². The van der Waals surface area contributed by atoms with Crippen LogP contribution in [0.3, 0.4) is 0 Å². The van der Waals surface area contributed by atoms with Crippen molar-refractivity contribution in [3.05, 3.63) is 0 Å². The Morgan fingerprint density at radius 2 is 1.87 bits per heavy atom. The van der Waals surface area contributed by atoms with E-state index in [-0.39, 0.29) is 11.4 Å². The number of nitrogens with one attached hydrogen (secondary N) is 1. The molecule has 0 aliphatic heterocycles. The first kappa shape index (κ1) is 14.4. The van der Waals surface area contributed by atoms with Crippen molar-refractivity contribution in [1.29, 1.82) is 0 Å². The predicted octanol–water partition coefficient (Wildman–Crippen LogP) is 2.02. The first-order valence-electron chi connectivity index (χ1n) is 5.82. The average molecular weight is 214 g/mol. The molecule has 0 rings (SSSR count). The van der Waals surface area contributed by atoms with Crippen molar-refractivity contribution in [3.8, 4) is 0 Å². The Morgan fingerprint density at radius 1 is 1.33 bits per heavy atom. The monoisotopic (exact) mass is 214 g/mol. The number of carbonyl (C=O) groups excluding carboxylic acids is 1. The van der Waals surface area contributed by atoms with Gasteiger partial charge in [-0.2, -0.15) is 0 Å². The largest absolute Gasteiger partial charge is 0.339 e. The molecule has 0 unspecified atom stereocenters. The van der Waals surface area contributed by atoms with Crippen molar-refractivity contribution in [2.24, 2.45) is 0 Å². The molecule has 0 aromatic heterocycles. The lowest BCUT2D eigenvalue weighted by atomic mass is 10.1. The molecule has 0 radical (unpaired) electrons. The lowest BCUT2D eigenvalue weighted by Gasteiger charge is -2.28. The highest BCUT2D eigenvalue weighted by molar-refractivity contribution is 5.78. The van der Waals surface area contributed by atoms with Crippen LogP contribution < -0.4 is 5.32 Å². The summed E-state index contributed by atoms with van der Waals surface area (Å²) in [5.74, 6) is 0.196. The van der Waals surface area contributed by atoms with E-state index in [9.17, 15) is 4.79 Å². The Bertz CT molecular complexity index is 194. The summed E-state index contributed by atoms with van der Waals surface area (Å²) >= 11 is 0. The molecule has 0 aromatic rings. The van der Waals surface area contributed by atoms with E-state index in [0.29, 0.717) is 12.6 Å². The molecule has 3 heteroatoms. The van der Waals surface area contributed by atoms with E-state index in [4.69, 9.17) is 0 Å². The molecule has 90 valence electrons. The van der Waals surface area contributed by atoms with E-state index in [1.54, 1.807) is 0 Å². The van der Waals surface area contributed by atoms with Gasteiger partial charge in [0, 0.05) is 18.1 Å². The maximum Gasteiger partial charge on any atom is 0.236 e. The number of hydrogen-bond acceptors (Lipinski definition) is 2. The number of nitrogens with zero attached hydrogens (tertiary/aromatic N) is 1. The zero-order chi connectivity index (χ0) is 12.1. The standard InChI is InChI=1S/C12H26N2O/c1-7-8-14(10(2)3)11(15)9-13-12(4,5)6/h10,13H,7-9H2,1-6H3. The van der Waals surface area contributed by atoms with Gasteiger partial charge in [-0.15, -0.1) is 0 Å². The minimum atomic E-state index is 0.00449. The van der Waals surface area contributed by atoms with Crippen LogP contribution in [0.4, 0.5) is 0 Å².